The molecule has 3 heterocycles. The van der Waals surface area contributed by atoms with E-state index in [9.17, 15) is 9.59 Å². The molecule has 180 valence electrons. The molecule has 2 amide bonds. The van der Waals surface area contributed by atoms with E-state index in [2.05, 4.69) is 25.7 Å². The Bertz CT molecular complexity index is 1250. The summed E-state index contributed by atoms with van der Waals surface area (Å²) in [6.07, 6.45) is 7.18. The Morgan fingerprint density at radius 3 is 2.54 bits per heavy atom. The van der Waals surface area contributed by atoms with Gasteiger partial charge in [0.1, 0.15) is 6.04 Å². The summed E-state index contributed by atoms with van der Waals surface area (Å²) in [7, 11) is 0. The molecule has 1 aromatic carbocycles. The zero-order chi connectivity index (χ0) is 24.9. The average Bonchev–Trinajstić information content (AvgIpc) is 3.33. The van der Waals surface area contributed by atoms with Crippen LogP contribution in [0.3, 0.4) is 0 Å². The molecule has 10 heteroatoms. The zero-order valence-electron chi connectivity index (χ0n) is 20.0. The minimum atomic E-state index is -0.558. The van der Waals surface area contributed by atoms with Crippen molar-refractivity contribution in [1.29, 1.82) is 5.26 Å². The van der Waals surface area contributed by atoms with Crippen LogP contribution in [-0.2, 0) is 4.79 Å². The van der Waals surface area contributed by atoms with Gasteiger partial charge in [-0.2, -0.15) is 10.4 Å². The van der Waals surface area contributed by atoms with Crippen molar-refractivity contribution in [3.63, 3.8) is 0 Å². The number of hydrogen-bond donors (Lipinski definition) is 2. The molecule has 2 N–H and O–H groups in total. The maximum Gasteiger partial charge on any atom is 0.252 e. The average molecular weight is 473 g/mol. The predicted molar refractivity (Wildman–Crippen MR) is 131 cm³/mol. The first-order valence-electron chi connectivity index (χ1n) is 11.6. The van der Waals surface area contributed by atoms with Gasteiger partial charge in [0.15, 0.2) is 0 Å². The third-order valence-electron chi connectivity index (χ3n) is 6.08. The SMILES string of the molecule is CC(=O)N1CCC(n2cc(Nc3ncc(C)c(-c4ccc(C(=O)N[C@@H](C)C#N)cc4)n3)cn2)CC1. The normalized spacial score (nSPS) is 14.7. The Kier molecular flexibility index (Phi) is 7.06. The van der Waals surface area contributed by atoms with Crippen LogP contribution in [0.2, 0.25) is 0 Å². The van der Waals surface area contributed by atoms with Crippen molar-refractivity contribution < 1.29 is 9.59 Å². The van der Waals surface area contributed by atoms with E-state index >= 15 is 0 Å². The van der Waals surface area contributed by atoms with E-state index in [0.717, 1.165) is 48.4 Å². The van der Waals surface area contributed by atoms with Gasteiger partial charge in [-0.05, 0) is 44.4 Å². The minimum Gasteiger partial charge on any atom is -0.343 e. The van der Waals surface area contributed by atoms with Crippen LogP contribution < -0.4 is 10.6 Å². The van der Waals surface area contributed by atoms with E-state index in [1.807, 2.05) is 40.9 Å². The molecule has 0 bridgehead atoms. The van der Waals surface area contributed by atoms with E-state index < -0.39 is 6.04 Å². The Morgan fingerprint density at radius 2 is 1.89 bits per heavy atom. The lowest BCUT2D eigenvalue weighted by molar-refractivity contribution is -0.130. The first kappa shape index (κ1) is 23.9. The number of aryl methyl sites for hydroxylation is 1. The van der Waals surface area contributed by atoms with Crippen LogP contribution in [0.25, 0.3) is 11.3 Å². The van der Waals surface area contributed by atoms with Gasteiger partial charge in [-0.25, -0.2) is 9.97 Å². The van der Waals surface area contributed by atoms with E-state index in [1.54, 1.807) is 38.4 Å². The third kappa shape index (κ3) is 5.63. The molecule has 35 heavy (non-hydrogen) atoms. The van der Waals surface area contributed by atoms with Crippen LogP contribution in [0.15, 0.2) is 42.9 Å². The monoisotopic (exact) mass is 472 g/mol. The summed E-state index contributed by atoms with van der Waals surface area (Å²) in [5, 5.41) is 19.2. The number of nitriles is 1. The molecule has 10 nitrogen and oxygen atoms in total. The fourth-order valence-corrected chi connectivity index (χ4v) is 4.06. The molecule has 1 fully saturated rings. The van der Waals surface area contributed by atoms with Gasteiger partial charge in [0.25, 0.3) is 5.91 Å². The Balaban J connectivity index is 1.44. The highest BCUT2D eigenvalue weighted by Crippen LogP contribution is 2.26. The van der Waals surface area contributed by atoms with E-state index in [-0.39, 0.29) is 17.9 Å². The van der Waals surface area contributed by atoms with E-state index in [4.69, 9.17) is 5.26 Å². The minimum absolute atomic E-state index is 0.116. The number of carbonyl (C=O) groups excluding carboxylic acids is 2. The second-order valence-electron chi connectivity index (χ2n) is 8.70. The van der Waals surface area contributed by atoms with Gasteiger partial charge in [0.05, 0.1) is 29.7 Å². The topological polar surface area (TPSA) is 129 Å². The number of anilines is 2. The van der Waals surface area contributed by atoms with Crippen LogP contribution >= 0.6 is 0 Å². The highest BCUT2D eigenvalue weighted by Gasteiger charge is 2.22. The van der Waals surface area contributed by atoms with Gasteiger partial charge in [0.2, 0.25) is 11.9 Å². The van der Waals surface area contributed by atoms with Crippen LogP contribution in [0.5, 0.6) is 0 Å². The molecule has 1 atom stereocenters. The molecule has 1 aliphatic rings. The third-order valence-corrected chi connectivity index (χ3v) is 6.08. The number of benzene rings is 1. The van der Waals surface area contributed by atoms with Gasteiger partial charge in [-0.15, -0.1) is 0 Å². The van der Waals surface area contributed by atoms with Crippen LogP contribution in [0.4, 0.5) is 11.6 Å². The van der Waals surface area contributed by atoms with Crippen LogP contribution in [-0.4, -0.2) is 55.6 Å². The first-order chi connectivity index (χ1) is 16.8. The summed E-state index contributed by atoms with van der Waals surface area (Å²) in [6, 6.07) is 8.77. The summed E-state index contributed by atoms with van der Waals surface area (Å²) in [5.74, 6) is 0.266. The zero-order valence-corrected chi connectivity index (χ0v) is 20.0. The Morgan fingerprint density at radius 1 is 1.17 bits per heavy atom. The molecule has 0 spiro atoms. The van der Waals surface area contributed by atoms with Crippen molar-refractivity contribution >= 4 is 23.5 Å². The standard InChI is InChI=1S/C25H28N8O2/c1-16-13-27-25(30-21-14-28-33(15-21)22-8-10-32(11-9-22)18(3)34)31-23(16)19-4-6-20(7-5-19)24(35)29-17(2)12-26/h4-7,13-15,17,22H,8-11H2,1-3H3,(H,29,35)(H,27,30,31)/t17-/m0/s1. The maximum absolute atomic E-state index is 12.2. The van der Waals surface area contributed by atoms with Crippen molar-refractivity contribution in [3.05, 3.63) is 54.0 Å². The van der Waals surface area contributed by atoms with Gasteiger partial charge in [-0.3, -0.25) is 14.3 Å². The molecular formula is C25H28N8O2. The molecule has 3 aromatic rings. The van der Waals surface area contributed by atoms with Crippen molar-refractivity contribution in [1.82, 2.24) is 30.0 Å². The number of rotatable bonds is 6. The molecule has 4 rings (SSSR count). The highest BCUT2D eigenvalue weighted by molar-refractivity contribution is 5.95. The quantitative estimate of drug-likeness (QED) is 0.563. The van der Waals surface area contributed by atoms with Gasteiger partial charge in [0, 0.05) is 43.5 Å². The maximum atomic E-state index is 12.2. The number of carbonyl (C=O) groups is 2. The Hall–Kier alpha value is -4.26. The molecule has 0 aliphatic carbocycles. The fourth-order valence-electron chi connectivity index (χ4n) is 4.06. The molecule has 0 unspecified atom stereocenters. The Labute approximate surface area is 204 Å². The van der Waals surface area contributed by atoms with Gasteiger partial charge >= 0.3 is 0 Å². The first-order valence-corrected chi connectivity index (χ1v) is 11.6. The molecule has 1 saturated heterocycles. The summed E-state index contributed by atoms with van der Waals surface area (Å²) in [4.78, 5) is 34.7. The number of nitrogens with one attached hydrogen (secondary N) is 2. The molecule has 1 aliphatic heterocycles. The summed E-state index contributed by atoms with van der Waals surface area (Å²) in [5.41, 5.74) is 3.77. The van der Waals surface area contributed by atoms with Crippen molar-refractivity contribution in [2.45, 2.75) is 45.7 Å². The van der Waals surface area contributed by atoms with Crippen molar-refractivity contribution in [2.24, 2.45) is 0 Å². The number of piperidine rings is 1. The summed E-state index contributed by atoms with van der Waals surface area (Å²) >= 11 is 0. The molecule has 0 saturated carbocycles. The smallest absolute Gasteiger partial charge is 0.252 e. The predicted octanol–water partition coefficient (Wildman–Crippen LogP) is 3.22. The lowest BCUT2D eigenvalue weighted by Crippen LogP contribution is -2.37. The second kappa shape index (κ2) is 10.3. The largest absolute Gasteiger partial charge is 0.343 e. The fraction of sp³-hybridized carbons (Fsp3) is 0.360. The lowest BCUT2D eigenvalue weighted by Gasteiger charge is -2.31. The summed E-state index contributed by atoms with van der Waals surface area (Å²) in [6.45, 7) is 6.65. The van der Waals surface area contributed by atoms with Gasteiger partial charge < -0.3 is 15.5 Å². The molecule has 0 radical (unpaired) electrons. The second-order valence-corrected chi connectivity index (χ2v) is 8.70. The number of nitrogens with zero attached hydrogens (tertiary/aromatic N) is 6. The highest BCUT2D eigenvalue weighted by atomic mass is 16.2. The number of amides is 2. The van der Waals surface area contributed by atoms with Crippen molar-refractivity contribution in [3.8, 4) is 17.3 Å². The molecular weight excluding hydrogens is 444 g/mol. The number of likely N-dealkylation sites (tertiary alicyclic amines) is 1. The van der Waals surface area contributed by atoms with E-state index in [1.165, 1.54) is 0 Å². The summed E-state index contributed by atoms with van der Waals surface area (Å²) < 4.78 is 1.94. The number of hydrogen-bond acceptors (Lipinski definition) is 7. The van der Waals surface area contributed by atoms with Crippen LogP contribution in [0, 0.1) is 18.3 Å². The lowest BCUT2D eigenvalue weighted by atomic mass is 10.1. The number of aromatic nitrogens is 4. The van der Waals surface area contributed by atoms with Gasteiger partial charge in [-0.1, -0.05) is 12.1 Å². The van der Waals surface area contributed by atoms with E-state index in [0.29, 0.717) is 11.5 Å². The van der Waals surface area contributed by atoms with Crippen molar-refractivity contribution in [2.75, 3.05) is 18.4 Å². The molecule has 2 aromatic heterocycles. The van der Waals surface area contributed by atoms with Crippen LogP contribution in [0.1, 0.15) is 48.7 Å².